The van der Waals surface area contributed by atoms with Crippen LogP contribution in [0.4, 0.5) is 0 Å². The van der Waals surface area contributed by atoms with E-state index in [1.54, 1.807) is 0 Å². The summed E-state index contributed by atoms with van der Waals surface area (Å²) in [5.41, 5.74) is 10.4. The van der Waals surface area contributed by atoms with Gasteiger partial charge in [0.1, 0.15) is 5.82 Å². The molecule has 6 aromatic rings. The van der Waals surface area contributed by atoms with Crippen molar-refractivity contribution < 1.29 is 25.8 Å². The van der Waals surface area contributed by atoms with Gasteiger partial charge in [0, 0.05) is 40.1 Å². The van der Waals surface area contributed by atoms with Gasteiger partial charge in [0.2, 0.25) is 0 Å². The minimum Gasteiger partial charge on any atom is -0.509 e. The van der Waals surface area contributed by atoms with Crippen molar-refractivity contribution in [3.63, 3.8) is 0 Å². The monoisotopic (exact) mass is 885 g/mol. The van der Waals surface area contributed by atoms with Gasteiger partial charge in [-0.05, 0) is 78.8 Å². The van der Waals surface area contributed by atoms with E-state index in [1.165, 1.54) is 45.5 Å². The number of hydrogen-bond acceptors (Lipinski definition) is 3. The summed E-state index contributed by atoms with van der Waals surface area (Å²) in [5, 5.41) is 7.68. The molecule has 0 fully saturated rings. The fraction of sp³-hybridized carbons (Fsp3) is 0.404. The average Bonchev–Trinajstić information content (AvgIpc) is 3.64. The van der Waals surface area contributed by atoms with E-state index in [0.29, 0.717) is 23.3 Å². The third-order valence-electron chi connectivity index (χ3n) is 10.8. The number of pyridine rings is 1. The van der Waals surface area contributed by atoms with E-state index in [-0.39, 0.29) is 31.9 Å². The molecule has 1 aliphatic carbocycles. The van der Waals surface area contributed by atoms with Gasteiger partial charge >= 0.3 is 21.1 Å². The molecule has 1 aliphatic rings. The van der Waals surface area contributed by atoms with Crippen LogP contribution in [0.1, 0.15) is 122 Å². The number of benzene rings is 3. The molecule has 6 heteroatoms. The van der Waals surface area contributed by atoms with Crippen LogP contribution in [-0.2, 0) is 44.7 Å². The van der Waals surface area contributed by atoms with E-state index in [0.717, 1.165) is 53.6 Å². The summed E-state index contributed by atoms with van der Waals surface area (Å²) in [6, 6.07) is 28.7. The Balaban J connectivity index is 0.00000481. The second kappa shape index (κ2) is 15.1. The van der Waals surface area contributed by atoms with Crippen molar-refractivity contribution in [1.82, 2.24) is 19.3 Å². The van der Waals surface area contributed by atoms with Gasteiger partial charge in [-0.25, -0.2) is 4.98 Å². The van der Waals surface area contributed by atoms with Gasteiger partial charge in [-0.15, -0.1) is 41.3 Å². The third kappa shape index (κ3) is 7.44. The maximum absolute atomic E-state index is 6.78. The first-order valence-corrected chi connectivity index (χ1v) is 19.2. The molecule has 2 atom stereocenters. The van der Waals surface area contributed by atoms with Crippen LogP contribution in [0.5, 0.6) is 11.5 Å². The Labute approximate surface area is 331 Å². The van der Waals surface area contributed by atoms with Crippen molar-refractivity contribution in [2.75, 3.05) is 0 Å². The number of fused-ring (bicyclic) bond motifs is 3. The summed E-state index contributed by atoms with van der Waals surface area (Å²) in [5.74, 6) is 3.10. The van der Waals surface area contributed by atoms with Crippen LogP contribution in [0.25, 0.3) is 33.3 Å². The number of aryl methyl sites for hydroxylation is 2. The van der Waals surface area contributed by atoms with Gasteiger partial charge in [0.25, 0.3) is 0 Å². The predicted octanol–water partition coefficient (Wildman–Crippen LogP) is 12.3. The average molecular weight is 886 g/mol. The molecule has 3 aromatic heterocycles. The minimum atomic E-state index is -0.144. The van der Waals surface area contributed by atoms with Gasteiger partial charge < -0.3 is 9.30 Å². The smallest absolute Gasteiger partial charge is 0.509 e. The molecule has 0 amide bonds. The van der Waals surface area contributed by atoms with E-state index < -0.39 is 0 Å². The van der Waals surface area contributed by atoms with E-state index in [4.69, 9.17) is 14.8 Å². The molecule has 0 saturated heterocycles. The number of aromatic nitrogens is 4. The molecule has 53 heavy (non-hydrogen) atoms. The SMILES string of the molecule is CCCc1ccnc(-n2c3[c-]c(Oc4[c-]c(-n5nc(CC)c(C6C(C)=CCC[C@@H]6C)c5C(C)(C)C)cc(C(C)(C)C)c4)ccc3c3ccccc32)c1.[Pt+2]. The van der Waals surface area contributed by atoms with Crippen LogP contribution in [0.15, 0.2) is 78.5 Å². The number of para-hydroxylation sites is 1. The van der Waals surface area contributed by atoms with Crippen molar-refractivity contribution in [3.8, 4) is 23.0 Å². The molecule has 0 N–H and O–H groups in total. The summed E-state index contributed by atoms with van der Waals surface area (Å²) in [4.78, 5) is 4.83. The standard InChI is InChI=1S/C47H54N4O.Pt/c1-11-16-32-23-24-48-42(25-32)50-40-20-14-13-19-37(40)38-22-21-35(29-41(38)50)52-36-27-33(46(5,6)7)26-34(28-36)51-45(47(8,9)10)44(39(12-2)49-51)43-30(3)17-15-18-31(43)4;/h13-14,17,19-27,31,43H,11-12,15-16,18H2,1-10H3;/q-2;+2/t31-,43?;/m0./s1. The van der Waals surface area contributed by atoms with Crippen LogP contribution < -0.4 is 4.74 Å². The first kappa shape index (κ1) is 38.8. The van der Waals surface area contributed by atoms with Gasteiger partial charge in [0.05, 0.1) is 11.4 Å². The number of nitrogens with zero attached hydrogens (tertiary/aromatic N) is 4. The molecular weight excluding hydrogens is 832 g/mol. The number of hydrogen-bond donors (Lipinski definition) is 0. The zero-order chi connectivity index (χ0) is 36.9. The summed E-state index contributed by atoms with van der Waals surface area (Å²) < 4.78 is 11.2. The Morgan fingerprint density at radius 3 is 2.36 bits per heavy atom. The molecule has 3 aromatic carbocycles. The van der Waals surface area contributed by atoms with Gasteiger partial charge in [0.15, 0.2) is 0 Å². The first-order chi connectivity index (χ1) is 24.8. The zero-order valence-corrected chi connectivity index (χ0v) is 35.4. The Morgan fingerprint density at radius 1 is 0.887 bits per heavy atom. The molecule has 0 bridgehead atoms. The topological polar surface area (TPSA) is 44.9 Å². The molecule has 7 rings (SSSR count). The van der Waals surface area contributed by atoms with Crippen LogP contribution in [-0.4, -0.2) is 19.3 Å². The fourth-order valence-corrected chi connectivity index (χ4v) is 8.24. The Bertz CT molecular complexity index is 2290. The Kier molecular flexibility index (Phi) is 11.0. The van der Waals surface area contributed by atoms with E-state index in [1.807, 2.05) is 12.3 Å². The molecular formula is C47H54N4OPt. The van der Waals surface area contributed by atoms with Gasteiger partial charge in [-0.3, -0.25) is 4.68 Å². The van der Waals surface area contributed by atoms with Gasteiger partial charge in [-0.2, -0.15) is 11.2 Å². The summed E-state index contributed by atoms with van der Waals surface area (Å²) in [6.45, 7) is 22.9. The molecule has 0 spiro atoms. The van der Waals surface area contributed by atoms with Crippen LogP contribution in [0, 0.1) is 18.1 Å². The second-order valence-electron chi connectivity index (χ2n) is 16.9. The largest absolute Gasteiger partial charge is 2.00 e. The predicted molar refractivity (Wildman–Crippen MR) is 216 cm³/mol. The van der Waals surface area contributed by atoms with E-state index in [2.05, 4.69) is 151 Å². The molecule has 3 heterocycles. The maximum Gasteiger partial charge on any atom is 2.00 e. The molecule has 5 nitrogen and oxygen atoms in total. The fourth-order valence-electron chi connectivity index (χ4n) is 8.24. The Hall–Kier alpha value is -3.95. The number of allylic oxidation sites excluding steroid dienone is 2. The van der Waals surface area contributed by atoms with Crippen LogP contribution in [0.3, 0.4) is 0 Å². The quantitative estimate of drug-likeness (QED) is 0.113. The van der Waals surface area contributed by atoms with E-state index in [9.17, 15) is 0 Å². The summed E-state index contributed by atoms with van der Waals surface area (Å²) in [7, 11) is 0. The Morgan fingerprint density at radius 2 is 1.66 bits per heavy atom. The van der Waals surface area contributed by atoms with E-state index >= 15 is 0 Å². The number of ether oxygens (including phenoxy) is 1. The molecule has 0 aliphatic heterocycles. The zero-order valence-electron chi connectivity index (χ0n) is 33.1. The summed E-state index contributed by atoms with van der Waals surface area (Å²) >= 11 is 0. The number of rotatable bonds is 8. The second-order valence-corrected chi connectivity index (χ2v) is 16.9. The van der Waals surface area contributed by atoms with Crippen molar-refractivity contribution in [2.24, 2.45) is 5.92 Å². The van der Waals surface area contributed by atoms with Crippen LogP contribution >= 0.6 is 0 Å². The molecule has 0 saturated carbocycles. The van der Waals surface area contributed by atoms with Crippen molar-refractivity contribution in [1.29, 1.82) is 0 Å². The summed E-state index contributed by atoms with van der Waals surface area (Å²) in [6.07, 6.45) is 9.68. The maximum atomic E-state index is 6.78. The normalized spacial score (nSPS) is 16.5. The first-order valence-electron chi connectivity index (χ1n) is 19.2. The minimum absolute atomic E-state index is 0. The van der Waals surface area contributed by atoms with Crippen molar-refractivity contribution in [3.05, 3.63) is 119 Å². The van der Waals surface area contributed by atoms with Crippen molar-refractivity contribution in [2.45, 2.75) is 118 Å². The van der Waals surface area contributed by atoms with Gasteiger partial charge in [-0.1, -0.05) is 104 Å². The van der Waals surface area contributed by atoms with Crippen LogP contribution in [0.2, 0.25) is 0 Å². The molecule has 278 valence electrons. The third-order valence-corrected chi connectivity index (χ3v) is 10.8. The van der Waals surface area contributed by atoms with Crippen molar-refractivity contribution >= 4 is 21.8 Å². The molecule has 0 radical (unpaired) electrons. The molecule has 1 unspecified atom stereocenters.